The molecule has 0 atom stereocenters. The van der Waals surface area contributed by atoms with Crippen molar-refractivity contribution in [2.75, 3.05) is 25.9 Å². The fourth-order valence-electron chi connectivity index (χ4n) is 3.21. The van der Waals surface area contributed by atoms with E-state index in [4.69, 9.17) is 4.74 Å². The van der Waals surface area contributed by atoms with Gasteiger partial charge in [0.05, 0.1) is 10.7 Å². The number of nitro benzene ring substituents is 1. The van der Waals surface area contributed by atoms with Crippen LogP contribution in [-0.2, 0) is 17.1 Å². The van der Waals surface area contributed by atoms with Crippen LogP contribution in [0.1, 0.15) is 24.0 Å². The largest absolute Gasteiger partial charge is 0.490 e. The Bertz CT molecular complexity index is 834. The number of carbonyl (C=O) groups excluding carboxylic acids is 1. The van der Waals surface area contributed by atoms with Crippen molar-refractivity contribution in [3.8, 4) is 5.75 Å². The van der Waals surface area contributed by atoms with Crippen LogP contribution in [0, 0.1) is 10.1 Å². The van der Waals surface area contributed by atoms with Gasteiger partial charge in [0.2, 0.25) is 5.91 Å². The number of non-ortho nitro benzene ring substituents is 1. The van der Waals surface area contributed by atoms with Gasteiger partial charge < -0.3 is 15.0 Å². The highest BCUT2D eigenvalue weighted by Gasteiger charge is 2.17. The van der Waals surface area contributed by atoms with E-state index in [1.165, 1.54) is 23.9 Å². The van der Waals surface area contributed by atoms with Crippen molar-refractivity contribution in [2.45, 2.75) is 31.2 Å². The molecule has 0 aromatic heterocycles. The van der Waals surface area contributed by atoms with Crippen LogP contribution >= 0.6 is 11.8 Å². The standard InChI is InChI=1S/C22H27N3O4S/c1-24-12-10-21(11-13-24)29-20-8-4-17(5-9-20)14-23-22(26)16-30-15-18-2-6-19(7-3-18)25(27)28/h2-9,21H,10-16H2,1H3,(H,23,26). The van der Waals surface area contributed by atoms with Gasteiger partial charge >= 0.3 is 0 Å². The van der Waals surface area contributed by atoms with Gasteiger partial charge in [-0.05, 0) is 43.1 Å². The van der Waals surface area contributed by atoms with Gasteiger partial charge in [0.1, 0.15) is 11.9 Å². The molecule has 0 saturated carbocycles. The highest BCUT2D eigenvalue weighted by molar-refractivity contribution is 7.99. The summed E-state index contributed by atoms with van der Waals surface area (Å²) in [5, 5.41) is 13.6. The van der Waals surface area contributed by atoms with Crippen LogP contribution in [0.3, 0.4) is 0 Å². The van der Waals surface area contributed by atoms with E-state index in [1.807, 2.05) is 24.3 Å². The Morgan fingerprint density at radius 3 is 2.40 bits per heavy atom. The molecule has 1 heterocycles. The van der Waals surface area contributed by atoms with Gasteiger partial charge in [-0.3, -0.25) is 14.9 Å². The van der Waals surface area contributed by atoms with E-state index in [1.54, 1.807) is 12.1 Å². The number of thioether (sulfide) groups is 1. The van der Waals surface area contributed by atoms with E-state index in [2.05, 4.69) is 17.3 Å². The third-order valence-corrected chi connectivity index (χ3v) is 6.03. The lowest BCUT2D eigenvalue weighted by atomic mass is 10.1. The lowest BCUT2D eigenvalue weighted by Crippen LogP contribution is -2.35. The van der Waals surface area contributed by atoms with Crippen LogP contribution < -0.4 is 10.1 Å². The van der Waals surface area contributed by atoms with Crippen LogP contribution in [0.25, 0.3) is 0 Å². The van der Waals surface area contributed by atoms with Gasteiger partial charge in [0.25, 0.3) is 5.69 Å². The molecule has 1 amide bonds. The number of benzene rings is 2. The van der Waals surface area contributed by atoms with Gasteiger partial charge in [-0.15, -0.1) is 11.8 Å². The Hall–Kier alpha value is -2.58. The highest BCUT2D eigenvalue weighted by atomic mass is 32.2. The fraction of sp³-hybridized carbons (Fsp3) is 0.409. The zero-order valence-electron chi connectivity index (χ0n) is 17.1. The van der Waals surface area contributed by atoms with E-state index in [0.717, 1.165) is 42.8 Å². The summed E-state index contributed by atoms with van der Waals surface area (Å²) >= 11 is 1.48. The van der Waals surface area contributed by atoms with Gasteiger partial charge in [0.15, 0.2) is 0 Å². The van der Waals surface area contributed by atoms with Crippen LogP contribution in [-0.4, -0.2) is 47.7 Å². The summed E-state index contributed by atoms with van der Waals surface area (Å²) in [7, 11) is 2.13. The molecule has 0 bridgehead atoms. The number of rotatable bonds is 9. The molecular formula is C22H27N3O4S. The molecule has 30 heavy (non-hydrogen) atoms. The smallest absolute Gasteiger partial charge is 0.269 e. The second-order valence-corrected chi connectivity index (χ2v) is 8.44. The molecule has 2 aromatic carbocycles. The zero-order valence-corrected chi connectivity index (χ0v) is 17.9. The van der Waals surface area contributed by atoms with E-state index in [9.17, 15) is 14.9 Å². The predicted octanol–water partition coefficient (Wildman–Crippen LogP) is 3.62. The lowest BCUT2D eigenvalue weighted by molar-refractivity contribution is -0.384. The molecule has 0 unspecified atom stereocenters. The number of likely N-dealkylation sites (tertiary alicyclic amines) is 1. The Morgan fingerprint density at radius 1 is 1.13 bits per heavy atom. The first kappa shape index (κ1) is 22.1. The SMILES string of the molecule is CN1CCC(Oc2ccc(CNC(=O)CSCc3ccc([N+](=O)[O-])cc3)cc2)CC1. The molecule has 1 N–H and O–H groups in total. The number of amides is 1. The third-order valence-electron chi connectivity index (χ3n) is 5.03. The van der Waals surface area contributed by atoms with E-state index in [-0.39, 0.29) is 17.7 Å². The topological polar surface area (TPSA) is 84.7 Å². The van der Waals surface area contributed by atoms with Crippen molar-refractivity contribution < 1.29 is 14.5 Å². The van der Waals surface area contributed by atoms with Crippen LogP contribution in [0.15, 0.2) is 48.5 Å². The van der Waals surface area contributed by atoms with Crippen molar-refractivity contribution in [1.29, 1.82) is 0 Å². The van der Waals surface area contributed by atoms with Crippen LogP contribution in [0.5, 0.6) is 5.75 Å². The molecule has 2 aromatic rings. The lowest BCUT2D eigenvalue weighted by Gasteiger charge is -2.29. The van der Waals surface area contributed by atoms with Crippen LogP contribution in [0.4, 0.5) is 5.69 Å². The molecule has 7 nitrogen and oxygen atoms in total. The maximum Gasteiger partial charge on any atom is 0.269 e. The summed E-state index contributed by atoms with van der Waals surface area (Å²) in [5.74, 6) is 1.81. The van der Waals surface area contributed by atoms with Crippen molar-refractivity contribution in [3.05, 3.63) is 69.8 Å². The summed E-state index contributed by atoms with van der Waals surface area (Å²) in [5.41, 5.74) is 2.06. The number of piperidine rings is 1. The van der Waals surface area contributed by atoms with Crippen molar-refractivity contribution >= 4 is 23.4 Å². The normalized spacial score (nSPS) is 15.0. The van der Waals surface area contributed by atoms with Crippen molar-refractivity contribution in [3.63, 3.8) is 0 Å². The average Bonchev–Trinajstić information content (AvgIpc) is 2.75. The van der Waals surface area contributed by atoms with Crippen LogP contribution in [0.2, 0.25) is 0 Å². The molecule has 0 radical (unpaired) electrons. The summed E-state index contributed by atoms with van der Waals surface area (Å²) in [6.45, 7) is 2.61. The minimum Gasteiger partial charge on any atom is -0.490 e. The summed E-state index contributed by atoms with van der Waals surface area (Å²) in [6, 6.07) is 14.3. The third kappa shape index (κ3) is 7.03. The number of nitrogens with one attached hydrogen (secondary N) is 1. The zero-order chi connectivity index (χ0) is 21.3. The molecule has 160 valence electrons. The second-order valence-electron chi connectivity index (χ2n) is 7.46. The molecule has 3 rings (SSSR count). The summed E-state index contributed by atoms with van der Waals surface area (Å²) in [4.78, 5) is 24.6. The van der Waals surface area contributed by atoms with Crippen molar-refractivity contribution in [2.24, 2.45) is 0 Å². The molecular weight excluding hydrogens is 402 g/mol. The Labute approximate surface area is 180 Å². The molecule has 1 saturated heterocycles. The highest BCUT2D eigenvalue weighted by Crippen LogP contribution is 2.19. The maximum absolute atomic E-state index is 12.1. The number of hydrogen-bond donors (Lipinski definition) is 1. The number of nitro groups is 1. The average molecular weight is 430 g/mol. The summed E-state index contributed by atoms with van der Waals surface area (Å²) < 4.78 is 6.05. The van der Waals surface area contributed by atoms with Gasteiger partial charge in [-0.1, -0.05) is 24.3 Å². The van der Waals surface area contributed by atoms with Crippen molar-refractivity contribution in [1.82, 2.24) is 10.2 Å². The van der Waals surface area contributed by atoms with E-state index < -0.39 is 4.92 Å². The minimum absolute atomic E-state index is 0.0337. The fourth-order valence-corrected chi connectivity index (χ4v) is 4.03. The quantitative estimate of drug-likeness (QED) is 0.484. The monoisotopic (exact) mass is 429 g/mol. The Morgan fingerprint density at radius 2 is 1.77 bits per heavy atom. The van der Waals surface area contributed by atoms with Gasteiger partial charge in [-0.25, -0.2) is 0 Å². The minimum atomic E-state index is -0.419. The molecule has 0 aliphatic carbocycles. The van der Waals surface area contributed by atoms with Gasteiger partial charge in [0, 0.05) is 37.5 Å². The van der Waals surface area contributed by atoms with E-state index in [0.29, 0.717) is 18.1 Å². The number of hydrogen-bond acceptors (Lipinski definition) is 6. The second kappa shape index (κ2) is 11.0. The molecule has 1 fully saturated rings. The maximum atomic E-state index is 12.1. The van der Waals surface area contributed by atoms with Gasteiger partial charge in [-0.2, -0.15) is 0 Å². The number of nitrogens with zero attached hydrogens (tertiary/aromatic N) is 2. The Balaban J connectivity index is 1.34. The first-order valence-corrected chi connectivity index (χ1v) is 11.2. The number of ether oxygens (including phenoxy) is 1. The first-order valence-electron chi connectivity index (χ1n) is 10.0. The molecule has 1 aliphatic rings. The summed E-state index contributed by atoms with van der Waals surface area (Å²) in [6.07, 6.45) is 2.37. The predicted molar refractivity (Wildman–Crippen MR) is 119 cm³/mol. The molecule has 0 spiro atoms. The molecule has 1 aliphatic heterocycles. The first-order chi connectivity index (χ1) is 14.5. The number of carbonyl (C=O) groups is 1. The van der Waals surface area contributed by atoms with E-state index >= 15 is 0 Å². The molecule has 8 heteroatoms. The Kier molecular flexibility index (Phi) is 8.10.